The zero-order valence-corrected chi connectivity index (χ0v) is 23.2. The van der Waals surface area contributed by atoms with Crippen LogP contribution in [-0.2, 0) is 11.8 Å². The highest BCUT2D eigenvalue weighted by molar-refractivity contribution is 14.1. The van der Waals surface area contributed by atoms with Crippen LogP contribution in [0.3, 0.4) is 0 Å². The molecule has 0 radical (unpaired) electrons. The molecule has 3 rings (SSSR count). The Kier molecular flexibility index (Phi) is 9.27. The second-order valence-electron chi connectivity index (χ2n) is 8.47. The van der Waals surface area contributed by atoms with Crippen LogP contribution in [0.2, 0.25) is 5.15 Å². The molecule has 232 valence electrons. The average Bonchev–Trinajstić information content (AvgIpc) is 2.87. The van der Waals surface area contributed by atoms with Crippen molar-refractivity contribution in [3.05, 3.63) is 85.7 Å². The smallest absolute Gasteiger partial charge is 0.322 e. The topological polar surface area (TPSA) is 71.1 Å². The number of carbonyl (C=O) groups is 2. The van der Waals surface area contributed by atoms with Gasteiger partial charge in [-0.05, 0) is 65.1 Å². The number of hydrogen-bond acceptors (Lipinski definition) is 3. The molecule has 0 spiro atoms. The molecule has 1 atom stereocenters. The Morgan fingerprint density at radius 3 is 1.86 bits per heavy atom. The monoisotopic (exact) mass is 763 g/mol. The van der Waals surface area contributed by atoms with E-state index in [0.717, 1.165) is 40.9 Å². The number of amides is 2. The van der Waals surface area contributed by atoms with Gasteiger partial charge in [0.25, 0.3) is 11.8 Å². The number of aromatic nitrogens is 1. The molecule has 0 aliphatic carbocycles. The van der Waals surface area contributed by atoms with Gasteiger partial charge in [0.1, 0.15) is 5.15 Å². The molecule has 3 aromatic rings. The number of benzene rings is 2. The minimum Gasteiger partial charge on any atom is -0.322 e. The van der Waals surface area contributed by atoms with E-state index in [0.29, 0.717) is 0 Å². The number of anilines is 2. The number of halogens is 14. The summed E-state index contributed by atoms with van der Waals surface area (Å²) in [4.78, 5) is 28.8. The van der Waals surface area contributed by atoms with Gasteiger partial charge < -0.3 is 10.6 Å². The van der Waals surface area contributed by atoms with E-state index >= 15 is 0 Å². The van der Waals surface area contributed by atoms with Crippen molar-refractivity contribution in [1.82, 2.24) is 4.98 Å². The summed E-state index contributed by atoms with van der Waals surface area (Å²) in [5.41, 5.74) is -13.6. The van der Waals surface area contributed by atoms with Crippen molar-refractivity contribution < 1.29 is 62.3 Å². The third kappa shape index (κ3) is 6.78. The number of pyridine rings is 1. The normalized spacial score (nSPS) is 14.2. The average molecular weight is 764 g/mol. The third-order valence-electron chi connectivity index (χ3n) is 5.58. The van der Waals surface area contributed by atoms with Crippen LogP contribution in [0.4, 0.5) is 64.1 Å². The lowest BCUT2D eigenvalue weighted by Crippen LogP contribution is -2.59. The van der Waals surface area contributed by atoms with Gasteiger partial charge in [0.2, 0.25) is 0 Å². The summed E-state index contributed by atoms with van der Waals surface area (Å²) >= 11 is 6.44. The number of nitrogens with zero attached hydrogens (tertiary/aromatic N) is 1. The lowest BCUT2D eigenvalue weighted by Gasteiger charge is -2.36. The molecule has 0 aliphatic rings. The van der Waals surface area contributed by atoms with Crippen LogP contribution in [0.1, 0.15) is 31.8 Å². The summed E-state index contributed by atoms with van der Waals surface area (Å²) in [5.74, 6) is -9.35. The molecule has 2 aromatic carbocycles. The quantitative estimate of drug-likeness (QED) is 0.150. The number of alkyl halides is 12. The Morgan fingerprint density at radius 1 is 0.744 bits per heavy atom. The van der Waals surface area contributed by atoms with Crippen LogP contribution in [0, 0.1) is 3.57 Å². The molecule has 1 aromatic heterocycles. The van der Waals surface area contributed by atoms with Gasteiger partial charge in [-0.25, -0.2) is 9.37 Å². The van der Waals surface area contributed by atoms with Crippen molar-refractivity contribution in [2.45, 2.75) is 30.1 Å². The van der Waals surface area contributed by atoms with E-state index in [2.05, 4.69) is 10.3 Å². The minimum atomic E-state index is -7.22. The molecule has 1 heterocycles. The number of rotatable bonds is 6. The molecule has 0 saturated carbocycles. The van der Waals surface area contributed by atoms with Crippen LogP contribution in [0.25, 0.3) is 0 Å². The Labute approximate surface area is 250 Å². The SMILES string of the molecule is O=C(Nc1cccc(C(=O)Nc2c(I)cc(C(F)(C(F)(F)F)C(F)(F)C(F)(F)F)cc2C(F)(F)F)c1)c1ccc(Cl)nc1. The summed E-state index contributed by atoms with van der Waals surface area (Å²) in [5, 5.41) is 4.11. The summed E-state index contributed by atoms with van der Waals surface area (Å²) in [6.07, 6.45) is -18.9. The van der Waals surface area contributed by atoms with Crippen molar-refractivity contribution in [2.75, 3.05) is 10.6 Å². The Balaban J connectivity index is 2.04. The highest BCUT2D eigenvalue weighted by atomic mass is 127. The van der Waals surface area contributed by atoms with E-state index < -0.39 is 73.9 Å². The zero-order chi connectivity index (χ0) is 32.8. The molecular weight excluding hydrogens is 753 g/mol. The van der Waals surface area contributed by atoms with Crippen LogP contribution >= 0.6 is 34.2 Å². The Hall–Kier alpha value is -3.29. The fourth-order valence-electron chi connectivity index (χ4n) is 3.51. The van der Waals surface area contributed by atoms with Gasteiger partial charge in [-0.3, -0.25) is 9.59 Å². The lowest BCUT2D eigenvalue weighted by atomic mass is 9.86. The van der Waals surface area contributed by atoms with Crippen LogP contribution in [0.15, 0.2) is 54.7 Å². The van der Waals surface area contributed by atoms with Gasteiger partial charge in [0, 0.05) is 26.6 Å². The van der Waals surface area contributed by atoms with Crippen molar-refractivity contribution in [3.63, 3.8) is 0 Å². The van der Waals surface area contributed by atoms with Crippen molar-refractivity contribution in [3.8, 4) is 0 Å². The van der Waals surface area contributed by atoms with Crippen LogP contribution < -0.4 is 10.6 Å². The first kappa shape index (κ1) is 34.2. The fraction of sp³-hybridized carbons (Fsp3) is 0.208. The first-order chi connectivity index (χ1) is 19.5. The third-order valence-corrected chi connectivity index (χ3v) is 6.66. The lowest BCUT2D eigenvalue weighted by molar-refractivity contribution is -0.389. The van der Waals surface area contributed by atoms with Crippen molar-refractivity contribution >= 4 is 57.4 Å². The Bertz CT molecular complexity index is 1540. The second-order valence-corrected chi connectivity index (χ2v) is 10.0. The highest BCUT2D eigenvalue weighted by Crippen LogP contribution is 2.59. The zero-order valence-electron chi connectivity index (χ0n) is 20.3. The van der Waals surface area contributed by atoms with Gasteiger partial charge in [-0.15, -0.1) is 0 Å². The van der Waals surface area contributed by atoms with Crippen LogP contribution in [-0.4, -0.2) is 35.1 Å². The number of nitrogens with one attached hydrogen (secondary N) is 2. The maximum absolute atomic E-state index is 14.9. The summed E-state index contributed by atoms with van der Waals surface area (Å²) < 4.78 is 162. The van der Waals surface area contributed by atoms with E-state index in [1.54, 1.807) is 5.32 Å². The van der Waals surface area contributed by atoms with Crippen LogP contribution in [0.5, 0.6) is 0 Å². The maximum Gasteiger partial charge on any atom is 0.457 e. The fourth-order valence-corrected chi connectivity index (χ4v) is 4.38. The molecular formula is C24H11ClF12IN3O2. The van der Waals surface area contributed by atoms with E-state index in [1.807, 2.05) is 0 Å². The maximum atomic E-state index is 14.9. The van der Waals surface area contributed by atoms with E-state index in [4.69, 9.17) is 11.6 Å². The first-order valence-electron chi connectivity index (χ1n) is 11.0. The summed E-state index contributed by atoms with van der Waals surface area (Å²) in [7, 11) is 0. The molecule has 2 N–H and O–H groups in total. The molecule has 19 heteroatoms. The molecule has 0 aliphatic heterocycles. The molecule has 0 bridgehead atoms. The van der Waals surface area contributed by atoms with Crippen molar-refractivity contribution in [1.29, 1.82) is 0 Å². The van der Waals surface area contributed by atoms with Gasteiger partial charge in [-0.1, -0.05) is 17.7 Å². The predicted molar refractivity (Wildman–Crippen MR) is 136 cm³/mol. The molecule has 0 saturated heterocycles. The highest BCUT2D eigenvalue weighted by Gasteiger charge is 2.82. The number of hydrogen-bond donors (Lipinski definition) is 2. The molecule has 0 fully saturated rings. The first-order valence-corrected chi connectivity index (χ1v) is 12.4. The number of carbonyl (C=O) groups excluding carboxylic acids is 2. The Morgan fingerprint density at radius 2 is 1.35 bits per heavy atom. The predicted octanol–water partition coefficient (Wildman–Crippen LogP) is 8.79. The van der Waals surface area contributed by atoms with Gasteiger partial charge >= 0.3 is 30.1 Å². The van der Waals surface area contributed by atoms with E-state index in [9.17, 15) is 62.3 Å². The van der Waals surface area contributed by atoms with Gasteiger partial charge in [0.05, 0.1) is 16.8 Å². The van der Waals surface area contributed by atoms with Gasteiger partial charge in [0.15, 0.2) is 0 Å². The molecule has 5 nitrogen and oxygen atoms in total. The largest absolute Gasteiger partial charge is 0.457 e. The van der Waals surface area contributed by atoms with Gasteiger partial charge in [-0.2, -0.15) is 48.3 Å². The standard InChI is InChI=1S/C24H11ClF12IN3O2/c25-16-5-4-11(9-39-16)19(43)40-13-3-1-2-10(6-13)18(42)41-17-14(21(27,28)29)7-12(8-15(17)38)20(26,23(32,33)34)22(30,31)24(35,36)37/h1-9H,(H,40,43)(H,41,42). The second kappa shape index (κ2) is 11.7. The summed E-state index contributed by atoms with van der Waals surface area (Å²) in [6, 6.07) is 5.80. The minimum absolute atomic E-state index is 0.0163. The molecule has 1 unspecified atom stereocenters. The summed E-state index contributed by atoms with van der Waals surface area (Å²) in [6.45, 7) is 0. The van der Waals surface area contributed by atoms with E-state index in [-0.39, 0.29) is 22.5 Å². The van der Waals surface area contributed by atoms with Crippen molar-refractivity contribution in [2.24, 2.45) is 0 Å². The van der Waals surface area contributed by atoms with E-state index in [1.165, 1.54) is 24.3 Å². The molecule has 43 heavy (non-hydrogen) atoms. The molecule has 2 amide bonds.